The maximum absolute atomic E-state index is 13.4. The maximum Gasteiger partial charge on any atom is 0.226 e. The van der Waals surface area contributed by atoms with Crippen LogP contribution in [0.4, 0.5) is 11.4 Å². The number of halogens is 2. The lowest BCUT2D eigenvalue weighted by Crippen LogP contribution is -2.14. The standard InChI is InChI=1S/C21H16Cl2N4O/c22-13-5-7-15(24)19(11-13)26-9-1-3-17(26)21(28)18-4-2-10-27(18)20-12-14(23)6-8-16(20)25/h1-12H,24-25H2. The number of carbonyl (C=O) groups excluding carboxylic acids is 1. The van der Waals surface area contributed by atoms with Gasteiger partial charge in [0, 0.05) is 22.4 Å². The molecule has 2 heterocycles. The Morgan fingerprint density at radius 2 is 1.14 bits per heavy atom. The maximum atomic E-state index is 13.4. The van der Waals surface area contributed by atoms with E-state index < -0.39 is 0 Å². The molecule has 140 valence electrons. The highest BCUT2D eigenvalue weighted by Gasteiger charge is 2.20. The Kier molecular flexibility index (Phi) is 4.63. The van der Waals surface area contributed by atoms with Gasteiger partial charge in [-0.25, -0.2) is 0 Å². The van der Waals surface area contributed by atoms with E-state index in [9.17, 15) is 4.79 Å². The lowest BCUT2D eigenvalue weighted by atomic mass is 10.2. The van der Waals surface area contributed by atoms with Crippen LogP contribution in [0, 0.1) is 0 Å². The van der Waals surface area contributed by atoms with Gasteiger partial charge in [0.15, 0.2) is 0 Å². The normalized spacial score (nSPS) is 10.9. The molecule has 0 saturated heterocycles. The summed E-state index contributed by atoms with van der Waals surface area (Å²) in [5, 5.41) is 1.07. The molecule has 0 radical (unpaired) electrons. The molecule has 0 saturated carbocycles. The minimum atomic E-state index is -0.186. The smallest absolute Gasteiger partial charge is 0.226 e. The number of carbonyl (C=O) groups is 1. The van der Waals surface area contributed by atoms with E-state index in [0.29, 0.717) is 44.2 Å². The molecule has 0 bridgehead atoms. The number of benzene rings is 2. The molecule has 0 amide bonds. The van der Waals surface area contributed by atoms with Gasteiger partial charge in [0.05, 0.1) is 34.1 Å². The van der Waals surface area contributed by atoms with Gasteiger partial charge >= 0.3 is 0 Å². The van der Waals surface area contributed by atoms with E-state index >= 15 is 0 Å². The Hall–Kier alpha value is -3.15. The molecule has 0 unspecified atom stereocenters. The average molecular weight is 411 g/mol. The van der Waals surface area contributed by atoms with Crippen LogP contribution in [0.1, 0.15) is 16.2 Å². The van der Waals surface area contributed by atoms with Crippen molar-refractivity contribution in [1.82, 2.24) is 9.13 Å². The topological polar surface area (TPSA) is 79.0 Å². The minimum absolute atomic E-state index is 0.186. The van der Waals surface area contributed by atoms with Crippen molar-refractivity contribution in [3.8, 4) is 11.4 Å². The van der Waals surface area contributed by atoms with Crippen LogP contribution in [0.5, 0.6) is 0 Å². The van der Waals surface area contributed by atoms with Crippen molar-refractivity contribution in [2.24, 2.45) is 0 Å². The highest BCUT2D eigenvalue weighted by Crippen LogP contribution is 2.27. The highest BCUT2D eigenvalue weighted by atomic mass is 35.5. The van der Waals surface area contributed by atoms with Gasteiger partial charge in [-0.3, -0.25) is 4.79 Å². The van der Waals surface area contributed by atoms with E-state index in [-0.39, 0.29) is 5.78 Å². The van der Waals surface area contributed by atoms with Gasteiger partial charge in [0.2, 0.25) is 5.78 Å². The van der Waals surface area contributed by atoms with Crippen LogP contribution in [0.2, 0.25) is 10.0 Å². The fourth-order valence-electron chi connectivity index (χ4n) is 3.13. The van der Waals surface area contributed by atoms with Crippen molar-refractivity contribution in [1.29, 1.82) is 0 Å². The van der Waals surface area contributed by atoms with Gasteiger partial charge in [-0.2, -0.15) is 0 Å². The van der Waals surface area contributed by atoms with Crippen molar-refractivity contribution in [3.63, 3.8) is 0 Å². The van der Waals surface area contributed by atoms with E-state index in [0.717, 1.165) is 0 Å². The molecular weight excluding hydrogens is 395 g/mol. The molecule has 4 N–H and O–H groups in total. The van der Waals surface area contributed by atoms with Crippen molar-refractivity contribution in [2.45, 2.75) is 0 Å². The molecule has 4 aromatic rings. The molecular formula is C21H16Cl2N4O. The number of aromatic nitrogens is 2. The fourth-order valence-corrected chi connectivity index (χ4v) is 3.47. The predicted molar refractivity (Wildman–Crippen MR) is 114 cm³/mol. The Morgan fingerprint density at radius 3 is 1.57 bits per heavy atom. The molecule has 0 spiro atoms. The molecule has 7 heteroatoms. The van der Waals surface area contributed by atoms with Gasteiger partial charge < -0.3 is 20.6 Å². The summed E-state index contributed by atoms with van der Waals surface area (Å²) in [7, 11) is 0. The molecule has 28 heavy (non-hydrogen) atoms. The van der Waals surface area contributed by atoms with Gasteiger partial charge in [0.1, 0.15) is 0 Å². The van der Waals surface area contributed by atoms with Crippen LogP contribution in [-0.4, -0.2) is 14.9 Å². The second-order valence-corrected chi connectivity index (χ2v) is 7.14. The minimum Gasteiger partial charge on any atom is -0.397 e. The zero-order chi connectivity index (χ0) is 19.8. The van der Waals surface area contributed by atoms with Gasteiger partial charge in [0.25, 0.3) is 0 Å². The quantitative estimate of drug-likeness (QED) is 0.368. The second kappa shape index (κ2) is 7.11. The lowest BCUT2D eigenvalue weighted by Gasteiger charge is -2.14. The Bertz CT molecular complexity index is 1100. The van der Waals surface area contributed by atoms with Crippen LogP contribution in [0.15, 0.2) is 73.1 Å². The largest absolute Gasteiger partial charge is 0.397 e. The number of nitrogens with two attached hydrogens (primary N) is 2. The summed E-state index contributed by atoms with van der Waals surface area (Å²) < 4.78 is 3.45. The van der Waals surface area contributed by atoms with E-state index in [4.69, 9.17) is 34.7 Å². The number of ketones is 1. The third-order valence-electron chi connectivity index (χ3n) is 4.47. The summed E-state index contributed by atoms with van der Waals surface area (Å²) in [5.41, 5.74) is 15.4. The summed E-state index contributed by atoms with van der Waals surface area (Å²) in [5.74, 6) is -0.186. The number of hydrogen-bond acceptors (Lipinski definition) is 3. The van der Waals surface area contributed by atoms with Crippen molar-refractivity contribution in [2.75, 3.05) is 11.5 Å². The number of nitrogen functional groups attached to an aromatic ring is 2. The van der Waals surface area contributed by atoms with Gasteiger partial charge in [-0.1, -0.05) is 23.2 Å². The third kappa shape index (κ3) is 3.15. The van der Waals surface area contributed by atoms with Crippen LogP contribution < -0.4 is 11.5 Å². The summed E-state index contributed by atoms with van der Waals surface area (Å²) in [6.07, 6.45) is 3.55. The van der Waals surface area contributed by atoms with Gasteiger partial charge in [-0.05, 0) is 60.7 Å². The highest BCUT2D eigenvalue weighted by molar-refractivity contribution is 6.31. The number of hydrogen-bond donors (Lipinski definition) is 2. The molecule has 5 nitrogen and oxygen atoms in total. The van der Waals surface area contributed by atoms with E-state index in [2.05, 4.69) is 0 Å². The molecule has 4 rings (SSSR count). The fraction of sp³-hybridized carbons (Fsp3) is 0. The third-order valence-corrected chi connectivity index (χ3v) is 4.94. The molecule has 0 aliphatic rings. The monoisotopic (exact) mass is 410 g/mol. The van der Waals surface area contributed by atoms with Crippen LogP contribution >= 0.6 is 23.2 Å². The number of rotatable bonds is 4. The van der Waals surface area contributed by atoms with E-state index in [1.807, 2.05) is 0 Å². The molecule has 2 aromatic heterocycles. The summed E-state index contributed by atoms with van der Waals surface area (Å²) >= 11 is 12.2. The number of anilines is 2. The van der Waals surface area contributed by atoms with Crippen LogP contribution in [0.3, 0.4) is 0 Å². The van der Waals surface area contributed by atoms with Crippen molar-refractivity contribution in [3.05, 3.63) is 94.5 Å². The van der Waals surface area contributed by atoms with E-state index in [1.165, 1.54) is 0 Å². The SMILES string of the molecule is Nc1ccc(Cl)cc1-n1cccc1C(=O)c1cccn1-c1cc(Cl)ccc1N. The average Bonchev–Trinajstić information content (AvgIpc) is 3.34. The second-order valence-electron chi connectivity index (χ2n) is 6.26. The predicted octanol–water partition coefficient (Wildman–Crippen LogP) is 4.97. The first-order chi connectivity index (χ1) is 13.5. The molecule has 0 aliphatic carbocycles. The van der Waals surface area contributed by atoms with Crippen molar-refractivity contribution >= 4 is 40.4 Å². The summed E-state index contributed by atoms with van der Waals surface area (Å²) in [6, 6.07) is 17.3. The lowest BCUT2D eigenvalue weighted by molar-refractivity contribution is 0.102. The zero-order valence-electron chi connectivity index (χ0n) is 14.6. The number of nitrogens with zero attached hydrogens (tertiary/aromatic N) is 2. The molecule has 0 fully saturated rings. The van der Waals surface area contributed by atoms with Crippen molar-refractivity contribution < 1.29 is 4.79 Å². The Balaban J connectivity index is 1.82. The molecule has 0 aliphatic heterocycles. The first kappa shape index (κ1) is 18.2. The van der Waals surface area contributed by atoms with E-state index in [1.54, 1.807) is 82.2 Å². The molecule has 0 atom stereocenters. The summed E-state index contributed by atoms with van der Waals surface area (Å²) in [6.45, 7) is 0. The Morgan fingerprint density at radius 1 is 0.714 bits per heavy atom. The van der Waals surface area contributed by atoms with Gasteiger partial charge in [-0.15, -0.1) is 0 Å². The first-order valence-corrected chi connectivity index (χ1v) is 9.21. The van der Waals surface area contributed by atoms with Crippen LogP contribution in [0.25, 0.3) is 11.4 Å². The Labute approximate surface area is 171 Å². The zero-order valence-corrected chi connectivity index (χ0v) is 16.2. The molecule has 2 aromatic carbocycles. The first-order valence-electron chi connectivity index (χ1n) is 8.46. The van der Waals surface area contributed by atoms with Crippen LogP contribution in [-0.2, 0) is 0 Å². The summed E-state index contributed by atoms with van der Waals surface area (Å²) in [4.78, 5) is 13.4.